The van der Waals surface area contributed by atoms with Crippen molar-refractivity contribution in [3.05, 3.63) is 29.3 Å². The Kier molecular flexibility index (Phi) is 2.61. The van der Waals surface area contributed by atoms with Gasteiger partial charge in [-0.05, 0) is 31.7 Å². The molecule has 4 rings (SSSR count). The maximum absolute atomic E-state index is 12.9. The van der Waals surface area contributed by atoms with Gasteiger partial charge in [-0.15, -0.1) is 0 Å². The number of hydrogen-bond donors (Lipinski definition) is 2. The number of anilines is 1. The van der Waals surface area contributed by atoms with E-state index in [0.29, 0.717) is 23.7 Å². The van der Waals surface area contributed by atoms with Gasteiger partial charge in [0.05, 0.1) is 0 Å². The van der Waals surface area contributed by atoms with E-state index in [9.17, 15) is 14.4 Å². The van der Waals surface area contributed by atoms with E-state index in [1.807, 2.05) is 13.0 Å². The molecule has 2 N–H and O–H groups in total. The second-order valence-corrected chi connectivity index (χ2v) is 6.40. The summed E-state index contributed by atoms with van der Waals surface area (Å²) < 4.78 is 0. The molecular weight excluding hydrogens is 282 g/mol. The van der Waals surface area contributed by atoms with Crippen LogP contribution in [0.15, 0.2) is 18.2 Å². The molecule has 1 aromatic rings. The van der Waals surface area contributed by atoms with Gasteiger partial charge < -0.3 is 10.6 Å². The van der Waals surface area contributed by atoms with Gasteiger partial charge in [-0.25, -0.2) is 4.79 Å². The highest BCUT2D eigenvalue weighted by atomic mass is 16.2. The van der Waals surface area contributed by atoms with Crippen LogP contribution < -0.4 is 10.6 Å². The average molecular weight is 299 g/mol. The van der Waals surface area contributed by atoms with Crippen LogP contribution in [0.2, 0.25) is 0 Å². The molecule has 1 aromatic carbocycles. The summed E-state index contributed by atoms with van der Waals surface area (Å²) >= 11 is 0. The monoisotopic (exact) mass is 299 g/mol. The molecule has 22 heavy (non-hydrogen) atoms. The van der Waals surface area contributed by atoms with Gasteiger partial charge in [-0.2, -0.15) is 0 Å². The van der Waals surface area contributed by atoms with E-state index in [2.05, 4.69) is 10.6 Å². The minimum Gasteiger partial charge on any atom is -0.323 e. The van der Waals surface area contributed by atoms with Crippen molar-refractivity contribution in [2.45, 2.75) is 31.7 Å². The summed E-state index contributed by atoms with van der Waals surface area (Å²) in [6.45, 7) is 2.30. The minimum absolute atomic E-state index is 0.367. The van der Waals surface area contributed by atoms with E-state index in [1.165, 1.54) is 4.90 Å². The Morgan fingerprint density at radius 2 is 2.05 bits per heavy atom. The van der Waals surface area contributed by atoms with Crippen LogP contribution in [0.4, 0.5) is 10.5 Å². The second kappa shape index (κ2) is 4.32. The Morgan fingerprint density at radius 1 is 1.27 bits per heavy atom. The first-order valence-electron chi connectivity index (χ1n) is 7.59. The van der Waals surface area contributed by atoms with Crippen molar-refractivity contribution in [3.8, 4) is 0 Å². The number of hydrogen-bond acceptors (Lipinski definition) is 3. The lowest BCUT2D eigenvalue weighted by molar-refractivity contribution is -0.137. The molecule has 6 heteroatoms. The van der Waals surface area contributed by atoms with Crippen molar-refractivity contribution in [1.82, 2.24) is 10.2 Å². The number of carbonyl (C=O) groups is 3. The molecule has 0 radical (unpaired) electrons. The number of carbonyl (C=O) groups excluding carboxylic acids is 3. The number of amides is 4. The molecule has 4 amide bonds. The topological polar surface area (TPSA) is 78.5 Å². The molecule has 3 aliphatic rings. The molecule has 1 spiro atoms. The number of imide groups is 1. The Morgan fingerprint density at radius 3 is 2.73 bits per heavy atom. The third kappa shape index (κ3) is 1.58. The Labute approximate surface area is 127 Å². The maximum atomic E-state index is 12.9. The zero-order chi connectivity index (χ0) is 15.5. The Hall–Kier alpha value is -2.37. The molecule has 0 bridgehead atoms. The zero-order valence-electron chi connectivity index (χ0n) is 12.3. The molecule has 2 heterocycles. The Bertz CT molecular complexity index is 711. The molecule has 1 unspecified atom stereocenters. The first-order valence-corrected chi connectivity index (χ1v) is 7.59. The van der Waals surface area contributed by atoms with Crippen LogP contribution in [-0.4, -0.2) is 29.3 Å². The number of urea groups is 1. The standard InChI is InChI=1S/C16H17N3O3/c1-9-5-6-12-11(7-9)16(13(20)17-12)14(21)19(15(22)18-16)8-10-3-2-4-10/h5-7,10H,2-4,8H2,1H3,(H,17,20)(H,18,22). The fourth-order valence-electron chi connectivity index (χ4n) is 3.43. The first kappa shape index (κ1) is 13.3. The molecule has 114 valence electrons. The largest absolute Gasteiger partial charge is 0.325 e. The highest BCUT2D eigenvalue weighted by Gasteiger charge is 2.61. The summed E-state index contributed by atoms with van der Waals surface area (Å²) in [6.07, 6.45) is 3.21. The van der Waals surface area contributed by atoms with Crippen LogP contribution in [0.1, 0.15) is 30.4 Å². The Balaban J connectivity index is 1.75. The van der Waals surface area contributed by atoms with Gasteiger partial charge in [0.1, 0.15) is 0 Å². The number of aryl methyl sites for hydroxylation is 1. The summed E-state index contributed by atoms with van der Waals surface area (Å²) in [5.41, 5.74) is 0.498. The van der Waals surface area contributed by atoms with Crippen molar-refractivity contribution >= 4 is 23.5 Å². The van der Waals surface area contributed by atoms with Crippen molar-refractivity contribution in [1.29, 1.82) is 0 Å². The molecule has 2 fully saturated rings. The van der Waals surface area contributed by atoms with Gasteiger partial charge in [0.15, 0.2) is 0 Å². The van der Waals surface area contributed by atoms with Gasteiger partial charge in [-0.1, -0.05) is 24.1 Å². The normalized spacial score (nSPS) is 27.0. The molecular formula is C16H17N3O3. The first-order chi connectivity index (χ1) is 10.5. The molecule has 6 nitrogen and oxygen atoms in total. The quantitative estimate of drug-likeness (QED) is 0.641. The molecule has 1 saturated heterocycles. The van der Waals surface area contributed by atoms with E-state index in [1.54, 1.807) is 12.1 Å². The lowest BCUT2D eigenvalue weighted by Gasteiger charge is -2.28. The molecule has 1 aliphatic carbocycles. The minimum atomic E-state index is -1.58. The van der Waals surface area contributed by atoms with Crippen molar-refractivity contribution < 1.29 is 14.4 Å². The summed E-state index contributed by atoms with van der Waals surface area (Å²) in [5, 5.41) is 5.35. The highest BCUT2D eigenvalue weighted by molar-refractivity contribution is 6.26. The SMILES string of the molecule is Cc1ccc2c(c1)C1(NC(=O)N(CC3CCC3)C1=O)C(=O)N2. The number of nitrogens with zero attached hydrogens (tertiary/aromatic N) is 1. The third-order valence-corrected chi connectivity index (χ3v) is 4.94. The van der Waals surface area contributed by atoms with Crippen LogP contribution in [-0.2, 0) is 15.1 Å². The summed E-state index contributed by atoms with van der Waals surface area (Å²) in [6, 6.07) is 4.95. The summed E-state index contributed by atoms with van der Waals surface area (Å²) in [7, 11) is 0. The van der Waals surface area contributed by atoms with Crippen LogP contribution in [0, 0.1) is 12.8 Å². The molecule has 1 saturated carbocycles. The van der Waals surface area contributed by atoms with E-state index < -0.39 is 23.4 Å². The second-order valence-electron chi connectivity index (χ2n) is 6.40. The van der Waals surface area contributed by atoms with Gasteiger partial charge in [0.25, 0.3) is 11.8 Å². The van der Waals surface area contributed by atoms with E-state index in [-0.39, 0.29) is 0 Å². The molecule has 0 aromatic heterocycles. The lowest BCUT2D eigenvalue weighted by atomic mass is 9.84. The van der Waals surface area contributed by atoms with Gasteiger partial charge in [-0.3, -0.25) is 14.5 Å². The van der Waals surface area contributed by atoms with E-state index in [0.717, 1.165) is 24.8 Å². The van der Waals surface area contributed by atoms with Gasteiger partial charge >= 0.3 is 6.03 Å². The van der Waals surface area contributed by atoms with Crippen LogP contribution in [0.5, 0.6) is 0 Å². The lowest BCUT2D eigenvalue weighted by Crippen LogP contribution is -2.50. The summed E-state index contributed by atoms with van der Waals surface area (Å²) in [5.74, 6) is -0.555. The van der Waals surface area contributed by atoms with Crippen LogP contribution in [0.25, 0.3) is 0 Å². The maximum Gasteiger partial charge on any atom is 0.325 e. The predicted octanol–water partition coefficient (Wildman–Crippen LogP) is 1.49. The summed E-state index contributed by atoms with van der Waals surface area (Å²) in [4.78, 5) is 38.8. The average Bonchev–Trinajstić information content (AvgIpc) is 2.84. The smallest absolute Gasteiger partial charge is 0.323 e. The highest BCUT2D eigenvalue weighted by Crippen LogP contribution is 2.41. The third-order valence-electron chi connectivity index (χ3n) is 4.94. The fraction of sp³-hybridized carbons (Fsp3) is 0.438. The van der Waals surface area contributed by atoms with Crippen molar-refractivity contribution in [2.75, 3.05) is 11.9 Å². The number of rotatable bonds is 2. The molecule has 1 atom stereocenters. The fourth-order valence-corrected chi connectivity index (χ4v) is 3.43. The number of nitrogens with one attached hydrogen (secondary N) is 2. The van der Waals surface area contributed by atoms with Crippen LogP contribution in [0.3, 0.4) is 0 Å². The molecule has 2 aliphatic heterocycles. The predicted molar refractivity (Wildman–Crippen MR) is 79.1 cm³/mol. The van der Waals surface area contributed by atoms with Crippen molar-refractivity contribution in [3.63, 3.8) is 0 Å². The van der Waals surface area contributed by atoms with Gasteiger partial charge in [0.2, 0.25) is 5.54 Å². The zero-order valence-corrected chi connectivity index (χ0v) is 12.3. The number of benzene rings is 1. The van der Waals surface area contributed by atoms with E-state index in [4.69, 9.17) is 0 Å². The van der Waals surface area contributed by atoms with Crippen molar-refractivity contribution in [2.24, 2.45) is 5.92 Å². The van der Waals surface area contributed by atoms with E-state index >= 15 is 0 Å². The number of fused-ring (bicyclic) bond motifs is 2. The van der Waals surface area contributed by atoms with Crippen LogP contribution >= 0.6 is 0 Å². The van der Waals surface area contributed by atoms with Gasteiger partial charge in [0, 0.05) is 17.8 Å².